The van der Waals surface area contributed by atoms with E-state index in [0.717, 1.165) is 33.0 Å². The molecule has 0 saturated heterocycles. The lowest BCUT2D eigenvalue weighted by atomic mass is 9.98. The number of carbonyl (C=O) groups is 1. The van der Waals surface area contributed by atoms with E-state index in [1.54, 1.807) is 31.2 Å². The van der Waals surface area contributed by atoms with Gasteiger partial charge >= 0.3 is 5.97 Å². The summed E-state index contributed by atoms with van der Waals surface area (Å²) in [5.74, 6) is 1.24. The van der Waals surface area contributed by atoms with Crippen LogP contribution in [0.3, 0.4) is 0 Å². The second-order valence-electron chi connectivity index (χ2n) is 11.6. The van der Waals surface area contributed by atoms with Crippen LogP contribution in [0.25, 0.3) is 44.2 Å². The van der Waals surface area contributed by atoms with Crippen LogP contribution in [0.15, 0.2) is 97.3 Å². The largest absolute Gasteiger partial charge is 0.507 e. The number of hydrogen-bond acceptors (Lipinski definition) is 9. The predicted octanol–water partition coefficient (Wildman–Crippen LogP) is 7.13. The van der Waals surface area contributed by atoms with E-state index < -0.39 is 5.97 Å². The number of aromatic nitrogens is 5. The standard InChI is InChI=1S/C39H35N5O6/c1-2-48-39(47)37-28(16-9-19-49-34-18-7-11-24-10-3-4-12-26(24)34)27-14-8-15-30(36(27)42-37)35-31(22-45)43-44-32(35)23-50-25-20-40-38(41-21-25)29-13-5-6-17-33(29)46/h3-8,10-15,17-18,20-21,42,45-46H,2,9,16,19,22-23H2,1H3,(H,43,44). The third-order valence-electron chi connectivity index (χ3n) is 8.49. The monoisotopic (exact) mass is 669 g/mol. The van der Waals surface area contributed by atoms with Gasteiger partial charge in [-0.05, 0) is 48.9 Å². The number of esters is 1. The smallest absolute Gasteiger partial charge is 0.355 e. The molecule has 7 aromatic rings. The number of nitrogens with one attached hydrogen (secondary N) is 2. The van der Waals surface area contributed by atoms with Crippen molar-refractivity contribution in [1.29, 1.82) is 0 Å². The molecule has 3 heterocycles. The Hall–Kier alpha value is -6.20. The summed E-state index contributed by atoms with van der Waals surface area (Å²) in [6.07, 6.45) is 4.29. The van der Waals surface area contributed by atoms with Crippen LogP contribution in [0.4, 0.5) is 0 Å². The second kappa shape index (κ2) is 14.5. The average molecular weight is 670 g/mol. The minimum absolute atomic E-state index is 0.0713. The quantitative estimate of drug-likeness (QED) is 0.0741. The van der Waals surface area contributed by atoms with Gasteiger partial charge in [0.05, 0.1) is 54.7 Å². The number of aryl methyl sites for hydroxylation is 1. The van der Waals surface area contributed by atoms with Crippen LogP contribution in [0.5, 0.6) is 17.2 Å². The summed E-state index contributed by atoms with van der Waals surface area (Å²) in [6.45, 7) is 2.22. The molecule has 4 N–H and O–H groups in total. The first-order chi connectivity index (χ1) is 24.6. The number of rotatable bonds is 13. The van der Waals surface area contributed by atoms with E-state index in [2.05, 4.69) is 37.3 Å². The first kappa shape index (κ1) is 32.4. The molecule has 50 heavy (non-hydrogen) atoms. The summed E-state index contributed by atoms with van der Waals surface area (Å²) >= 11 is 0. The number of benzene rings is 4. The zero-order valence-electron chi connectivity index (χ0n) is 27.3. The fourth-order valence-corrected chi connectivity index (χ4v) is 6.18. The topological polar surface area (TPSA) is 155 Å². The molecule has 11 nitrogen and oxygen atoms in total. The number of phenolic OH excluding ortho intramolecular Hbond substituents is 1. The number of nitrogens with zero attached hydrogens (tertiary/aromatic N) is 3. The van der Waals surface area contributed by atoms with Gasteiger partial charge in [-0.2, -0.15) is 5.10 Å². The van der Waals surface area contributed by atoms with Gasteiger partial charge in [0, 0.05) is 21.9 Å². The van der Waals surface area contributed by atoms with Crippen molar-refractivity contribution in [3.63, 3.8) is 0 Å². The third-order valence-corrected chi connectivity index (χ3v) is 8.49. The molecule has 0 fully saturated rings. The van der Waals surface area contributed by atoms with Gasteiger partial charge in [-0.25, -0.2) is 14.8 Å². The first-order valence-corrected chi connectivity index (χ1v) is 16.4. The van der Waals surface area contributed by atoms with Crippen molar-refractivity contribution in [2.45, 2.75) is 33.0 Å². The highest BCUT2D eigenvalue weighted by Gasteiger charge is 2.24. The van der Waals surface area contributed by atoms with Crippen molar-refractivity contribution in [1.82, 2.24) is 25.1 Å². The lowest BCUT2D eigenvalue weighted by molar-refractivity contribution is 0.0519. The molecule has 7 rings (SSSR count). The van der Waals surface area contributed by atoms with Crippen LogP contribution >= 0.6 is 0 Å². The molecule has 252 valence electrons. The molecule has 0 saturated carbocycles. The summed E-state index contributed by atoms with van der Waals surface area (Å²) in [5.41, 5.74) is 4.89. The number of para-hydroxylation sites is 2. The molecule has 4 aromatic carbocycles. The maximum absolute atomic E-state index is 13.2. The molecule has 0 aliphatic heterocycles. The van der Waals surface area contributed by atoms with Crippen LogP contribution in [-0.2, 0) is 24.4 Å². The fourth-order valence-electron chi connectivity index (χ4n) is 6.18. The van der Waals surface area contributed by atoms with Gasteiger partial charge in [-0.3, -0.25) is 5.10 Å². The molecule has 0 atom stereocenters. The summed E-state index contributed by atoms with van der Waals surface area (Å²) in [6, 6.07) is 26.7. The lowest BCUT2D eigenvalue weighted by Gasteiger charge is -2.10. The fraction of sp³-hybridized carbons (Fsp3) is 0.179. The molecule has 0 amide bonds. The van der Waals surface area contributed by atoms with E-state index in [1.807, 2.05) is 48.5 Å². The summed E-state index contributed by atoms with van der Waals surface area (Å²) in [4.78, 5) is 25.3. The molecular formula is C39H35N5O6. The molecular weight excluding hydrogens is 634 g/mol. The SMILES string of the molecule is CCOC(=O)c1[nH]c2c(-c3c(CO)n[nH]c3COc3cnc(-c4ccccc4O)nc3)cccc2c1CCCOc1cccc2ccccc12. The summed E-state index contributed by atoms with van der Waals surface area (Å²) < 4.78 is 17.7. The van der Waals surface area contributed by atoms with Crippen LogP contribution in [0, 0.1) is 0 Å². The van der Waals surface area contributed by atoms with E-state index in [0.29, 0.717) is 64.7 Å². The van der Waals surface area contributed by atoms with Gasteiger partial charge < -0.3 is 29.4 Å². The number of phenols is 1. The molecule has 0 aliphatic rings. The highest BCUT2D eigenvalue weighted by atomic mass is 16.5. The molecule has 0 spiro atoms. The van der Waals surface area contributed by atoms with Gasteiger partial charge in [0.15, 0.2) is 11.6 Å². The second-order valence-corrected chi connectivity index (χ2v) is 11.6. The Balaban J connectivity index is 1.15. The zero-order valence-corrected chi connectivity index (χ0v) is 27.3. The van der Waals surface area contributed by atoms with Gasteiger partial charge in [0.1, 0.15) is 23.8 Å². The Morgan fingerprint density at radius 1 is 0.860 bits per heavy atom. The number of H-pyrrole nitrogens is 2. The van der Waals surface area contributed by atoms with Gasteiger partial charge in [0.2, 0.25) is 0 Å². The van der Waals surface area contributed by atoms with Gasteiger partial charge in [-0.15, -0.1) is 0 Å². The highest BCUT2D eigenvalue weighted by molar-refractivity contribution is 6.04. The highest BCUT2D eigenvalue weighted by Crippen LogP contribution is 2.36. The van der Waals surface area contributed by atoms with Crippen LogP contribution in [0.2, 0.25) is 0 Å². The molecule has 0 radical (unpaired) electrons. The van der Waals surface area contributed by atoms with E-state index in [1.165, 1.54) is 12.4 Å². The third kappa shape index (κ3) is 6.46. The number of aliphatic hydroxyl groups excluding tert-OH is 1. The van der Waals surface area contributed by atoms with E-state index in [9.17, 15) is 15.0 Å². The van der Waals surface area contributed by atoms with E-state index >= 15 is 0 Å². The van der Waals surface area contributed by atoms with Crippen molar-refractivity contribution in [2.24, 2.45) is 0 Å². The Morgan fingerprint density at radius 3 is 2.42 bits per heavy atom. The number of carbonyl (C=O) groups excluding carboxylic acids is 1. The first-order valence-electron chi connectivity index (χ1n) is 16.4. The Morgan fingerprint density at radius 2 is 1.60 bits per heavy atom. The Labute approximate surface area is 287 Å². The van der Waals surface area contributed by atoms with Crippen LogP contribution in [-0.4, -0.2) is 54.5 Å². The normalized spacial score (nSPS) is 11.2. The van der Waals surface area contributed by atoms with Crippen molar-refractivity contribution >= 4 is 27.6 Å². The number of fused-ring (bicyclic) bond motifs is 2. The number of aliphatic hydroxyl groups is 1. The van der Waals surface area contributed by atoms with E-state index in [4.69, 9.17) is 14.2 Å². The summed E-state index contributed by atoms with van der Waals surface area (Å²) in [5, 5.41) is 30.8. The average Bonchev–Trinajstić information content (AvgIpc) is 3.74. The molecule has 0 aliphatic carbocycles. The Kier molecular flexibility index (Phi) is 9.39. The Bertz CT molecular complexity index is 2270. The molecule has 0 unspecified atom stereocenters. The number of hydrogen-bond donors (Lipinski definition) is 4. The van der Waals surface area contributed by atoms with Crippen molar-refractivity contribution in [3.05, 3.63) is 120 Å². The van der Waals surface area contributed by atoms with Gasteiger partial charge in [-0.1, -0.05) is 66.7 Å². The van der Waals surface area contributed by atoms with Gasteiger partial charge in [0.25, 0.3) is 0 Å². The van der Waals surface area contributed by atoms with Crippen molar-refractivity contribution in [2.75, 3.05) is 13.2 Å². The number of aromatic hydroxyl groups is 1. The van der Waals surface area contributed by atoms with Crippen molar-refractivity contribution in [3.8, 4) is 39.8 Å². The van der Waals surface area contributed by atoms with Crippen molar-refractivity contribution < 1.29 is 29.2 Å². The number of ether oxygens (including phenoxy) is 3. The molecule has 3 aromatic heterocycles. The summed E-state index contributed by atoms with van der Waals surface area (Å²) in [7, 11) is 0. The van der Waals surface area contributed by atoms with Crippen LogP contribution in [0.1, 0.15) is 40.8 Å². The molecule has 11 heteroatoms. The minimum Gasteiger partial charge on any atom is -0.507 e. The van der Waals surface area contributed by atoms with Crippen LogP contribution < -0.4 is 9.47 Å². The molecule has 0 bridgehead atoms. The maximum atomic E-state index is 13.2. The maximum Gasteiger partial charge on any atom is 0.355 e. The predicted molar refractivity (Wildman–Crippen MR) is 189 cm³/mol. The number of aromatic amines is 2. The minimum atomic E-state index is -0.440. The zero-order chi connectivity index (χ0) is 34.5. The van der Waals surface area contributed by atoms with E-state index in [-0.39, 0.29) is 25.6 Å². The lowest BCUT2D eigenvalue weighted by Crippen LogP contribution is -2.09.